The first-order valence-corrected chi connectivity index (χ1v) is 9.21. The quantitative estimate of drug-likeness (QED) is 0.806. The molecule has 1 amide bonds. The molecule has 1 aromatic heterocycles. The molecular formula is C18H30N4O3. The molecule has 1 N–H and O–H groups in total. The third-order valence-electron chi connectivity index (χ3n) is 5.53. The van der Waals surface area contributed by atoms with Gasteiger partial charge in [0, 0.05) is 56.5 Å². The Balaban J connectivity index is 1.58. The van der Waals surface area contributed by atoms with Gasteiger partial charge in [-0.2, -0.15) is 5.10 Å². The number of ether oxygens (including phenoxy) is 2. The van der Waals surface area contributed by atoms with Crippen molar-refractivity contribution in [1.82, 2.24) is 20.0 Å². The van der Waals surface area contributed by atoms with Gasteiger partial charge in [0.1, 0.15) is 0 Å². The van der Waals surface area contributed by atoms with E-state index in [2.05, 4.69) is 15.3 Å². The van der Waals surface area contributed by atoms with Crippen molar-refractivity contribution in [3.63, 3.8) is 0 Å². The molecule has 2 aliphatic heterocycles. The minimum absolute atomic E-state index is 0.0661. The topological polar surface area (TPSA) is 68.6 Å². The van der Waals surface area contributed by atoms with Crippen LogP contribution in [-0.2, 0) is 27.7 Å². The van der Waals surface area contributed by atoms with Crippen LogP contribution in [0.15, 0.2) is 0 Å². The van der Waals surface area contributed by atoms with Crippen molar-refractivity contribution in [3.8, 4) is 0 Å². The summed E-state index contributed by atoms with van der Waals surface area (Å²) in [5.41, 5.74) is 3.03. The van der Waals surface area contributed by atoms with E-state index >= 15 is 0 Å². The second-order valence-electron chi connectivity index (χ2n) is 7.09. The van der Waals surface area contributed by atoms with Crippen molar-refractivity contribution in [2.24, 2.45) is 13.0 Å². The second kappa shape index (κ2) is 8.29. The molecule has 2 atom stereocenters. The fourth-order valence-electron chi connectivity index (χ4n) is 3.87. The van der Waals surface area contributed by atoms with Crippen LogP contribution in [0.5, 0.6) is 0 Å². The second-order valence-corrected chi connectivity index (χ2v) is 7.09. The van der Waals surface area contributed by atoms with E-state index in [1.165, 1.54) is 0 Å². The van der Waals surface area contributed by atoms with Crippen LogP contribution < -0.4 is 5.32 Å². The van der Waals surface area contributed by atoms with Gasteiger partial charge < -0.3 is 14.8 Å². The van der Waals surface area contributed by atoms with Gasteiger partial charge in [-0.1, -0.05) is 0 Å². The molecule has 7 nitrogen and oxygen atoms in total. The molecule has 3 rings (SSSR count). The lowest BCUT2D eigenvalue weighted by Gasteiger charge is -2.37. The summed E-state index contributed by atoms with van der Waals surface area (Å²) < 4.78 is 12.9. The number of aryl methyl sites for hydroxylation is 2. The van der Waals surface area contributed by atoms with E-state index in [0.29, 0.717) is 24.9 Å². The van der Waals surface area contributed by atoms with Gasteiger partial charge in [-0.05, 0) is 20.3 Å². The number of amides is 1. The number of nitrogens with one attached hydrogen (secondary N) is 1. The summed E-state index contributed by atoms with van der Waals surface area (Å²) in [6, 6.07) is 0.325. The lowest BCUT2D eigenvalue weighted by Crippen LogP contribution is -2.52. The molecule has 2 fully saturated rings. The molecule has 2 aliphatic rings. The predicted octanol–water partition coefficient (Wildman–Crippen LogP) is 0.433. The minimum Gasteiger partial charge on any atom is -0.381 e. The van der Waals surface area contributed by atoms with Gasteiger partial charge in [0.25, 0.3) is 0 Å². The Bertz CT molecular complexity index is 589. The van der Waals surface area contributed by atoms with Crippen molar-refractivity contribution in [1.29, 1.82) is 0 Å². The molecule has 0 aromatic carbocycles. The summed E-state index contributed by atoms with van der Waals surface area (Å²) in [4.78, 5) is 15.0. The molecule has 0 saturated carbocycles. The third-order valence-corrected chi connectivity index (χ3v) is 5.53. The van der Waals surface area contributed by atoms with E-state index in [1.54, 1.807) is 0 Å². The summed E-state index contributed by atoms with van der Waals surface area (Å²) >= 11 is 0. The third kappa shape index (κ3) is 4.40. The van der Waals surface area contributed by atoms with Gasteiger partial charge in [-0.15, -0.1) is 0 Å². The van der Waals surface area contributed by atoms with E-state index in [1.807, 2.05) is 25.6 Å². The molecule has 1 aromatic rings. The Morgan fingerprint density at radius 1 is 1.28 bits per heavy atom. The number of hydrogen-bond donors (Lipinski definition) is 1. The van der Waals surface area contributed by atoms with Crippen LogP contribution in [0.2, 0.25) is 0 Å². The number of aromatic nitrogens is 2. The molecule has 140 valence electrons. The van der Waals surface area contributed by atoms with Crippen molar-refractivity contribution >= 4 is 5.91 Å². The number of hydrogen-bond acceptors (Lipinski definition) is 5. The average Bonchev–Trinajstić information content (AvgIpc) is 3.21. The van der Waals surface area contributed by atoms with Crippen LogP contribution in [0.3, 0.4) is 0 Å². The highest BCUT2D eigenvalue weighted by Crippen LogP contribution is 2.22. The number of carbonyl (C=O) groups excluding carboxylic acids is 1. The Kier molecular flexibility index (Phi) is 6.09. The predicted molar refractivity (Wildman–Crippen MR) is 94.5 cm³/mol. The maximum Gasteiger partial charge on any atom is 0.224 e. The summed E-state index contributed by atoms with van der Waals surface area (Å²) in [6.45, 7) is 9.66. The molecular weight excluding hydrogens is 320 g/mol. The smallest absolute Gasteiger partial charge is 0.224 e. The molecule has 7 heteroatoms. The maximum atomic E-state index is 12.5. The molecule has 3 heterocycles. The van der Waals surface area contributed by atoms with Crippen LogP contribution in [-0.4, -0.2) is 72.7 Å². The average molecular weight is 350 g/mol. The zero-order chi connectivity index (χ0) is 17.8. The van der Waals surface area contributed by atoms with Gasteiger partial charge in [0.05, 0.1) is 31.9 Å². The van der Waals surface area contributed by atoms with Gasteiger partial charge in [0.2, 0.25) is 5.91 Å². The van der Waals surface area contributed by atoms with E-state index in [4.69, 9.17) is 9.47 Å². The summed E-state index contributed by atoms with van der Waals surface area (Å²) in [7, 11) is 1.91. The summed E-state index contributed by atoms with van der Waals surface area (Å²) in [5, 5.41) is 7.55. The number of rotatable bonds is 6. The first-order chi connectivity index (χ1) is 12.1. The maximum absolute atomic E-state index is 12.5. The molecule has 2 unspecified atom stereocenters. The summed E-state index contributed by atoms with van der Waals surface area (Å²) in [6.07, 6.45) is 1.46. The Labute approximate surface area is 149 Å². The Hall–Kier alpha value is -1.44. The molecule has 0 spiro atoms. The number of nitrogens with zero attached hydrogens (tertiary/aromatic N) is 3. The van der Waals surface area contributed by atoms with E-state index in [-0.39, 0.29) is 5.91 Å². The lowest BCUT2D eigenvalue weighted by atomic mass is 9.96. The standard InChI is InChI=1S/C18H30N4O3/c1-13-16(14(2)21(3)20-13)10-18(23)19-11-17(15-4-7-25-12-15)22-5-8-24-9-6-22/h15,17H,4-12H2,1-3H3,(H,19,23). The fourth-order valence-corrected chi connectivity index (χ4v) is 3.87. The van der Waals surface area contributed by atoms with Crippen LogP contribution in [0.1, 0.15) is 23.4 Å². The van der Waals surface area contributed by atoms with Crippen LogP contribution in [0.4, 0.5) is 0 Å². The fraction of sp³-hybridized carbons (Fsp3) is 0.778. The SMILES string of the molecule is Cc1nn(C)c(C)c1CC(=O)NCC(C1CCOC1)N1CCOCC1. The highest BCUT2D eigenvalue weighted by Gasteiger charge is 2.31. The van der Waals surface area contributed by atoms with Crippen molar-refractivity contribution < 1.29 is 14.3 Å². The highest BCUT2D eigenvalue weighted by molar-refractivity contribution is 5.79. The molecule has 25 heavy (non-hydrogen) atoms. The van der Waals surface area contributed by atoms with Gasteiger partial charge in [-0.3, -0.25) is 14.4 Å². The monoisotopic (exact) mass is 350 g/mol. The largest absolute Gasteiger partial charge is 0.381 e. The van der Waals surface area contributed by atoms with Gasteiger partial charge in [-0.25, -0.2) is 0 Å². The molecule has 0 bridgehead atoms. The van der Waals surface area contributed by atoms with Gasteiger partial charge in [0.15, 0.2) is 0 Å². The van der Waals surface area contributed by atoms with Crippen LogP contribution in [0.25, 0.3) is 0 Å². The first kappa shape index (κ1) is 18.4. The molecule has 2 saturated heterocycles. The normalized spacial score (nSPS) is 22.9. The van der Waals surface area contributed by atoms with E-state index < -0.39 is 0 Å². The number of morpholine rings is 1. The van der Waals surface area contributed by atoms with Gasteiger partial charge >= 0.3 is 0 Å². The summed E-state index contributed by atoms with van der Waals surface area (Å²) in [5.74, 6) is 0.552. The molecule has 0 aliphatic carbocycles. The first-order valence-electron chi connectivity index (χ1n) is 9.21. The van der Waals surface area contributed by atoms with E-state index in [9.17, 15) is 4.79 Å². The zero-order valence-electron chi connectivity index (χ0n) is 15.6. The highest BCUT2D eigenvalue weighted by atomic mass is 16.5. The van der Waals surface area contributed by atoms with Crippen molar-refractivity contribution in [2.75, 3.05) is 46.1 Å². The Morgan fingerprint density at radius 2 is 2.04 bits per heavy atom. The number of carbonyl (C=O) groups is 1. The van der Waals surface area contributed by atoms with Crippen LogP contribution in [0, 0.1) is 19.8 Å². The van der Waals surface area contributed by atoms with Crippen LogP contribution >= 0.6 is 0 Å². The van der Waals surface area contributed by atoms with E-state index in [0.717, 1.165) is 62.9 Å². The lowest BCUT2D eigenvalue weighted by molar-refractivity contribution is -0.121. The Morgan fingerprint density at radius 3 is 2.64 bits per heavy atom. The minimum atomic E-state index is 0.0661. The molecule has 0 radical (unpaired) electrons. The van der Waals surface area contributed by atoms with Crippen molar-refractivity contribution in [3.05, 3.63) is 17.0 Å². The zero-order valence-corrected chi connectivity index (χ0v) is 15.6. The van der Waals surface area contributed by atoms with Crippen molar-refractivity contribution in [2.45, 2.75) is 32.7 Å².